The van der Waals surface area contributed by atoms with Gasteiger partial charge >= 0.3 is 0 Å². The zero-order chi connectivity index (χ0) is 25.3. The summed E-state index contributed by atoms with van der Waals surface area (Å²) in [7, 11) is -0.359. The van der Waals surface area contributed by atoms with E-state index in [0.29, 0.717) is 0 Å². The van der Waals surface area contributed by atoms with Crippen molar-refractivity contribution >= 4 is 45.6 Å². The lowest BCUT2D eigenvalue weighted by atomic mass is 9.82. The number of hydrogen-bond donors (Lipinski definition) is 0. The number of aryl methyl sites for hydroxylation is 2. The molecule has 0 aliphatic heterocycles. The summed E-state index contributed by atoms with van der Waals surface area (Å²) in [5, 5.41) is 5.75. The van der Waals surface area contributed by atoms with E-state index in [-0.39, 0.29) is 12.9 Å². The third kappa shape index (κ3) is 3.31. The molecule has 1 nitrogen and oxygen atoms in total. The summed E-state index contributed by atoms with van der Waals surface area (Å²) < 4.78 is 0. The Labute approximate surface area is 220 Å². The molecule has 1 unspecified atom stereocenters. The summed E-state index contributed by atoms with van der Waals surface area (Å²) >= 11 is 0. The molecule has 0 saturated heterocycles. The van der Waals surface area contributed by atoms with E-state index in [1.165, 1.54) is 65.9 Å². The van der Waals surface area contributed by atoms with E-state index >= 15 is 0 Å². The maximum atomic E-state index is 2.44. The van der Waals surface area contributed by atoms with Gasteiger partial charge in [0.05, 0.1) is 0 Å². The minimum atomic E-state index is -0.359. The Morgan fingerprint density at radius 3 is 2.03 bits per heavy atom. The second-order valence-electron chi connectivity index (χ2n) is 10.8. The minimum absolute atomic E-state index is 0.0296. The zero-order valence-corrected chi connectivity index (χ0v) is 22.7. The van der Waals surface area contributed by atoms with Crippen LogP contribution in [0, 0.1) is 6.92 Å². The van der Waals surface area contributed by atoms with Crippen LogP contribution in [0.15, 0.2) is 109 Å². The van der Waals surface area contributed by atoms with Crippen molar-refractivity contribution in [2.45, 2.75) is 26.2 Å². The molecular formula is C35H30NP. The molecule has 0 fully saturated rings. The van der Waals surface area contributed by atoms with Gasteiger partial charge in [0.1, 0.15) is 0 Å². The standard InChI is InChI=1S/C35H30NP/c1-23-13-15-24(16-14-23)36(26-18-20-30-29-10-6-8-12-33(29)37(4)34(30)22-26)25-17-19-28-27-9-5-7-11-31(27)35(2,3)32(28)21-25/h5-22H,1-4H3. The number of benzene rings is 5. The van der Waals surface area contributed by atoms with E-state index in [1.807, 2.05) is 0 Å². The smallest absolute Gasteiger partial charge is 0.0471 e. The largest absolute Gasteiger partial charge is 0.310 e. The van der Waals surface area contributed by atoms with Gasteiger partial charge in [-0.25, -0.2) is 0 Å². The van der Waals surface area contributed by atoms with Crippen molar-refractivity contribution in [3.05, 3.63) is 126 Å². The topological polar surface area (TPSA) is 3.24 Å². The first-order valence-electron chi connectivity index (χ1n) is 13.0. The number of nitrogens with zero attached hydrogens (tertiary/aromatic N) is 1. The third-order valence-electron chi connectivity index (χ3n) is 8.27. The molecule has 1 atom stereocenters. The molecule has 0 spiro atoms. The maximum absolute atomic E-state index is 2.44. The summed E-state index contributed by atoms with van der Waals surface area (Å²) in [4.78, 5) is 2.44. The molecule has 2 heteroatoms. The van der Waals surface area contributed by atoms with Crippen LogP contribution >= 0.6 is 7.53 Å². The van der Waals surface area contributed by atoms with Gasteiger partial charge in [-0.2, -0.15) is 0 Å². The Hall–Kier alpha value is -3.80. The number of hydrogen-bond acceptors (Lipinski definition) is 1. The Morgan fingerprint density at radius 1 is 0.568 bits per heavy atom. The lowest BCUT2D eigenvalue weighted by molar-refractivity contribution is 0.660. The summed E-state index contributed by atoms with van der Waals surface area (Å²) in [6.45, 7) is 9.26. The molecule has 180 valence electrons. The fraction of sp³-hybridized carbons (Fsp3) is 0.143. The van der Waals surface area contributed by atoms with Gasteiger partial charge < -0.3 is 4.90 Å². The maximum Gasteiger partial charge on any atom is 0.0471 e. The van der Waals surface area contributed by atoms with Crippen LogP contribution in [0.5, 0.6) is 0 Å². The highest BCUT2D eigenvalue weighted by Gasteiger charge is 2.35. The summed E-state index contributed by atoms with van der Waals surface area (Å²) in [6, 6.07) is 40.8. The van der Waals surface area contributed by atoms with Gasteiger partial charge in [-0.3, -0.25) is 0 Å². The normalized spacial score (nSPS) is 14.1. The van der Waals surface area contributed by atoms with Crippen LogP contribution in [0.4, 0.5) is 17.1 Å². The lowest BCUT2D eigenvalue weighted by Gasteiger charge is -2.28. The average molecular weight is 496 g/mol. The van der Waals surface area contributed by atoms with Crippen molar-refractivity contribution in [2.24, 2.45) is 6.66 Å². The van der Waals surface area contributed by atoms with Crippen molar-refractivity contribution in [2.75, 3.05) is 4.90 Å². The number of fused-ring (bicyclic) bond motifs is 6. The van der Waals surface area contributed by atoms with Crippen LogP contribution in [0.1, 0.15) is 30.5 Å². The Kier molecular flexibility index (Phi) is 4.91. The van der Waals surface area contributed by atoms with Crippen molar-refractivity contribution < 1.29 is 0 Å². The first-order chi connectivity index (χ1) is 17.9. The predicted octanol–water partition coefficient (Wildman–Crippen LogP) is 10.6. The highest BCUT2D eigenvalue weighted by molar-refractivity contribution is 7.59. The zero-order valence-electron chi connectivity index (χ0n) is 21.8. The molecule has 5 aromatic carbocycles. The quantitative estimate of drug-likeness (QED) is 0.236. The molecule has 0 bridgehead atoms. The molecule has 0 N–H and O–H groups in total. The van der Waals surface area contributed by atoms with Crippen molar-refractivity contribution in [3.8, 4) is 11.1 Å². The van der Waals surface area contributed by atoms with E-state index in [1.54, 1.807) is 0 Å². The fourth-order valence-electron chi connectivity index (χ4n) is 6.26. The molecular weight excluding hydrogens is 465 g/mol. The van der Waals surface area contributed by atoms with Crippen LogP contribution < -0.4 is 4.90 Å². The molecule has 1 aliphatic rings. The average Bonchev–Trinajstić information content (AvgIpc) is 3.33. The summed E-state index contributed by atoms with van der Waals surface area (Å²) in [5.41, 5.74) is 10.4. The lowest BCUT2D eigenvalue weighted by Crippen LogP contribution is -2.16. The van der Waals surface area contributed by atoms with Crippen LogP contribution in [0.25, 0.3) is 32.1 Å². The molecule has 1 aromatic heterocycles. The van der Waals surface area contributed by atoms with Crippen molar-refractivity contribution in [1.29, 1.82) is 0 Å². The van der Waals surface area contributed by atoms with Crippen LogP contribution in [0.2, 0.25) is 0 Å². The van der Waals surface area contributed by atoms with Gasteiger partial charge in [0.25, 0.3) is 0 Å². The number of anilines is 3. The highest BCUT2D eigenvalue weighted by Crippen LogP contribution is 2.52. The molecule has 0 saturated carbocycles. The highest BCUT2D eigenvalue weighted by atomic mass is 31.1. The Balaban J connectivity index is 1.45. The third-order valence-corrected chi connectivity index (χ3v) is 10.5. The van der Waals surface area contributed by atoms with E-state index < -0.39 is 0 Å². The van der Waals surface area contributed by atoms with Gasteiger partial charge in [0.15, 0.2) is 0 Å². The SMILES string of the molecule is Cc1ccc(N(c2ccc3c(c2)C(C)(C)c2ccccc2-3)c2ccc3c4ccccc4p(C)c3c2)cc1. The predicted molar refractivity (Wildman–Crippen MR) is 162 cm³/mol. The molecule has 37 heavy (non-hydrogen) atoms. The second kappa shape index (κ2) is 8.10. The van der Waals surface area contributed by atoms with Gasteiger partial charge in [0.2, 0.25) is 0 Å². The minimum Gasteiger partial charge on any atom is -0.310 e. The molecule has 1 heterocycles. The van der Waals surface area contributed by atoms with Gasteiger partial charge in [-0.05, 0) is 83.0 Å². The first kappa shape index (κ1) is 22.4. The first-order valence-corrected chi connectivity index (χ1v) is 14.8. The Bertz CT molecular complexity index is 1820. The van der Waals surface area contributed by atoms with E-state index in [2.05, 4.69) is 142 Å². The molecule has 0 amide bonds. The second-order valence-corrected chi connectivity index (χ2v) is 12.9. The number of rotatable bonds is 3. The molecule has 7 rings (SSSR count). The summed E-state index contributed by atoms with van der Waals surface area (Å²) in [6.07, 6.45) is 0. The molecule has 6 aromatic rings. The van der Waals surface area contributed by atoms with E-state index in [9.17, 15) is 0 Å². The van der Waals surface area contributed by atoms with Crippen molar-refractivity contribution in [1.82, 2.24) is 0 Å². The molecule has 0 radical (unpaired) electrons. The summed E-state index contributed by atoms with van der Waals surface area (Å²) in [5.74, 6) is 0. The van der Waals surface area contributed by atoms with E-state index in [0.717, 1.165) is 0 Å². The van der Waals surface area contributed by atoms with Gasteiger partial charge in [-0.15, -0.1) is 7.53 Å². The van der Waals surface area contributed by atoms with Gasteiger partial charge in [0, 0.05) is 32.7 Å². The van der Waals surface area contributed by atoms with E-state index in [4.69, 9.17) is 0 Å². The van der Waals surface area contributed by atoms with Crippen LogP contribution in [-0.4, -0.2) is 0 Å². The van der Waals surface area contributed by atoms with Gasteiger partial charge in [-0.1, -0.05) is 92.2 Å². The van der Waals surface area contributed by atoms with Crippen molar-refractivity contribution in [3.63, 3.8) is 0 Å². The monoisotopic (exact) mass is 495 g/mol. The molecule has 1 aliphatic carbocycles. The van der Waals surface area contributed by atoms with Crippen LogP contribution in [-0.2, 0) is 12.1 Å². The fourth-order valence-corrected chi connectivity index (χ4v) is 8.27. The van der Waals surface area contributed by atoms with Crippen LogP contribution in [0.3, 0.4) is 0 Å². The Morgan fingerprint density at radius 2 is 1.19 bits per heavy atom.